The molecule has 6 nitrogen and oxygen atoms in total. The third-order valence-corrected chi connectivity index (χ3v) is 3.69. The molecule has 0 aromatic heterocycles. The van der Waals surface area contributed by atoms with Gasteiger partial charge in [-0.1, -0.05) is 17.7 Å². The summed E-state index contributed by atoms with van der Waals surface area (Å²) in [5.74, 6) is 0.825. The molecule has 4 N–H and O–H groups in total. The number of nitrogens with one attached hydrogen (secondary N) is 2. The van der Waals surface area contributed by atoms with Gasteiger partial charge in [0.1, 0.15) is 5.75 Å². The highest BCUT2D eigenvalue weighted by atomic mass is 127. The Labute approximate surface area is 175 Å². The van der Waals surface area contributed by atoms with Crippen molar-refractivity contribution in [2.24, 2.45) is 10.7 Å². The van der Waals surface area contributed by atoms with Crippen LogP contribution >= 0.6 is 35.6 Å². The highest BCUT2D eigenvalue weighted by molar-refractivity contribution is 14.0. The van der Waals surface area contributed by atoms with Crippen LogP contribution in [-0.2, 0) is 4.79 Å². The minimum Gasteiger partial charge on any atom is -0.497 e. The van der Waals surface area contributed by atoms with E-state index in [4.69, 9.17) is 22.1 Å². The zero-order chi connectivity index (χ0) is 18.2. The summed E-state index contributed by atoms with van der Waals surface area (Å²) in [5.41, 5.74) is 8.22. The van der Waals surface area contributed by atoms with Gasteiger partial charge in [0, 0.05) is 12.1 Å². The number of aliphatic imine (C=N–C) groups is 1. The first-order chi connectivity index (χ1) is 12.0. The van der Waals surface area contributed by atoms with Crippen molar-refractivity contribution < 1.29 is 9.53 Å². The molecule has 0 heterocycles. The van der Waals surface area contributed by atoms with Gasteiger partial charge in [0.2, 0.25) is 5.91 Å². The molecule has 1 amide bonds. The lowest BCUT2D eigenvalue weighted by Crippen LogP contribution is -2.23. The Hall–Kier alpha value is -2.00. The topological polar surface area (TPSA) is 88.7 Å². The molecule has 0 unspecified atom stereocenters. The molecule has 0 fully saturated rings. The molecule has 0 aliphatic carbocycles. The Kier molecular flexibility index (Phi) is 9.22. The molecule has 0 saturated heterocycles. The molecule has 2 aromatic carbocycles. The number of guanidine groups is 1. The molecule has 0 atom stereocenters. The van der Waals surface area contributed by atoms with Gasteiger partial charge < -0.3 is 21.1 Å². The van der Waals surface area contributed by atoms with E-state index in [1.807, 2.05) is 37.3 Å². The van der Waals surface area contributed by atoms with Crippen molar-refractivity contribution in [3.8, 4) is 5.75 Å². The van der Waals surface area contributed by atoms with Crippen LogP contribution in [0, 0.1) is 6.92 Å². The number of nitrogens with zero attached hydrogens (tertiary/aromatic N) is 1. The first-order valence-electron chi connectivity index (χ1n) is 7.75. The summed E-state index contributed by atoms with van der Waals surface area (Å²) >= 11 is 6.09. The average Bonchev–Trinajstić information content (AvgIpc) is 2.58. The summed E-state index contributed by atoms with van der Waals surface area (Å²) in [7, 11) is 1.60. The Morgan fingerprint density at radius 1 is 1.19 bits per heavy atom. The van der Waals surface area contributed by atoms with E-state index in [-0.39, 0.29) is 48.8 Å². The number of amides is 1. The van der Waals surface area contributed by atoms with Crippen molar-refractivity contribution in [3.05, 3.63) is 53.1 Å². The summed E-state index contributed by atoms with van der Waals surface area (Å²) in [6.07, 6.45) is 0.204. The molecule has 0 spiro atoms. The Morgan fingerprint density at radius 2 is 1.88 bits per heavy atom. The molecule has 0 saturated carbocycles. The van der Waals surface area contributed by atoms with E-state index in [1.165, 1.54) is 0 Å². The maximum Gasteiger partial charge on any atom is 0.226 e. The number of nitrogens with two attached hydrogens (primary N) is 1. The average molecular weight is 489 g/mol. The number of rotatable bonds is 6. The number of carbonyl (C=O) groups is 1. The van der Waals surface area contributed by atoms with E-state index < -0.39 is 0 Å². The van der Waals surface area contributed by atoms with Crippen LogP contribution in [0.2, 0.25) is 5.02 Å². The summed E-state index contributed by atoms with van der Waals surface area (Å²) in [6, 6.07) is 12.7. The largest absolute Gasteiger partial charge is 0.497 e. The van der Waals surface area contributed by atoms with Crippen molar-refractivity contribution in [1.29, 1.82) is 0 Å². The fourth-order valence-corrected chi connectivity index (χ4v) is 2.36. The monoisotopic (exact) mass is 488 g/mol. The Bertz CT molecular complexity index is 766. The van der Waals surface area contributed by atoms with E-state index in [0.717, 1.165) is 17.0 Å². The summed E-state index contributed by atoms with van der Waals surface area (Å²) in [4.78, 5) is 16.1. The molecule has 0 aliphatic rings. The molecule has 8 heteroatoms. The van der Waals surface area contributed by atoms with Crippen LogP contribution in [-0.4, -0.2) is 25.5 Å². The molecule has 26 heavy (non-hydrogen) atoms. The van der Waals surface area contributed by atoms with Gasteiger partial charge in [0.25, 0.3) is 0 Å². The van der Waals surface area contributed by atoms with E-state index in [0.29, 0.717) is 10.7 Å². The molecule has 0 radical (unpaired) electrons. The van der Waals surface area contributed by atoms with Gasteiger partial charge in [-0.05, 0) is 48.9 Å². The molecule has 2 aromatic rings. The highest BCUT2D eigenvalue weighted by Gasteiger charge is 2.06. The third kappa shape index (κ3) is 7.09. The van der Waals surface area contributed by atoms with Crippen molar-refractivity contribution in [2.75, 3.05) is 24.3 Å². The van der Waals surface area contributed by atoms with Gasteiger partial charge in [-0.15, -0.1) is 24.0 Å². The maximum atomic E-state index is 11.9. The number of carbonyl (C=O) groups excluding carboxylic acids is 1. The lowest BCUT2D eigenvalue weighted by atomic mass is 10.2. The molecule has 0 aliphatic heterocycles. The number of ether oxygens (including phenoxy) is 1. The normalized spacial score (nSPS) is 10.7. The van der Waals surface area contributed by atoms with E-state index in [9.17, 15) is 4.79 Å². The van der Waals surface area contributed by atoms with Crippen molar-refractivity contribution in [1.82, 2.24) is 0 Å². The number of hydrogen-bond donors (Lipinski definition) is 3. The quantitative estimate of drug-likeness (QED) is 0.325. The fraction of sp³-hybridized carbons (Fsp3) is 0.222. The van der Waals surface area contributed by atoms with Crippen LogP contribution in [0.3, 0.4) is 0 Å². The first-order valence-corrected chi connectivity index (χ1v) is 8.12. The smallest absolute Gasteiger partial charge is 0.226 e. The summed E-state index contributed by atoms with van der Waals surface area (Å²) in [5, 5.41) is 6.22. The molecular formula is C18H22ClIN4O2. The molecule has 2 rings (SSSR count). The van der Waals surface area contributed by atoms with Crippen molar-refractivity contribution in [3.63, 3.8) is 0 Å². The van der Waals surface area contributed by atoms with Crippen LogP contribution in [0.1, 0.15) is 12.0 Å². The van der Waals surface area contributed by atoms with Gasteiger partial charge in [0.05, 0.1) is 24.4 Å². The fourth-order valence-electron chi connectivity index (χ4n) is 2.07. The van der Waals surface area contributed by atoms with Gasteiger partial charge in [-0.2, -0.15) is 0 Å². The van der Waals surface area contributed by atoms with E-state index in [1.54, 1.807) is 19.2 Å². The number of halogens is 2. The number of methoxy groups -OCH3 is 1. The summed E-state index contributed by atoms with van der Waals surface area (Å²) < 4.78 is 5.09. The van der Waals surface area contributed by atoms with E-state index in [2.05, 4.69) is 15.6 Å². The van der Waals surface area contributed by atoms with Crippen LogP contribution < -0.4 is 21.1 Å². The van der Waals surface area contributed by atoms with Crippen molar-refractivity contribution >= 4 is 58.8 Å². The number of benzene rings is 2. The van der Waals surface area contributed by atoms with Crippen LogP contribution in [0.5, 0.6) is 5.75 Å². The minimum absolute atomic E-state index is 0. The first kappa shape index (κ1) is 22.0. The lowest BCUT2D eigenvalue weighted by Gasteiger charge is -2.08. The van der Waals surface area contributed by atoms with Crippen LogP contribution in [0.25, 0.3) is 0 Å². The predicted octanol–water partition coefficient (Wildman–Crippen LogP) is 4.03. The second-order valence-electron chi connectivity index (χ2n) is 5.40. The second kappa shape index (κ2) is 10.9. The Balaban J connectivity index is 0.00000338. The zero-order valence-corrected chi connectivity index (χ0v) is 17.7. The highest BCUT2D eigenvalue weighted by Crippen LogP contribution is 2.22. The second-order valence-corrected chi connectivity index (χ2v) is 5.81. The standard InChI is InChI=1S/C18H21ClN4O2.HI/c1-12-3-8-16(15(19)11-12)23-17(24)9-10-21-18(20)22-13-4-6-14(25-2)7-5-13;/h3-8,11H,9-10H2,1-2H3,(H,23,24)(H3,20,21,22);1H. The lowest BCUT2D eigenvalue weighted by molar-refractivity contribution is -0.116. The van der Waals surface area contributed by atoms with Gasteiger partial charge in [0.15, 0.2) is 5.96 Å². The van der Waals surface area contributed by atoms with E-state index >= 15 is 0 Å². The van der Waals surface area contributed by atoms with Crippen molar-refractivity contribution in [2.45, 2.75) is 13.3 Å². The molecule has 0 bridgehead atoms. The van der Waals surface area contributed by atoms with Gasteiger partial charge in [-0.25, -0.2) is 0 Å². The zero-order valence-electron chi connectivity index (χ0n) is 14.6. The molecule has 140 valence electrons. The number of hydrogen-bond acceptors (Lipinski definition) is 3. The molecular weight excluding hydrogens is 467 g/mol. The number of aryl methyl sites for hydroxylation is 1. The number of anilines is 2. The predicted molar refractivity (Wildman–Crippen MR) is 118 cm³/mol. The minimum atomic E-state index is -0.174. The SMILES string of the molecule is COc1ccc(NC(N)=NCCC(=O)Nc2ccc(C)cc2Cl)cc1.I. The Morgan fingerprint density at radius 3 is 2.50 bits per heavy atom. The van der Waals surface area contributed by atoms with Crippen LogP contribution in [0.15, 0.2) is 47.5 Å². The van der Waals surface area contributed by atoms with Crippen LogP contribution in [0.4, 0.5) is 11.4 Å². The summed E-state index contributed by atoms with van der Waals surface area (Å²) in [6.45, 7) is 2.20. The maximum absolute atomic E-state index is 11.9. The third-order valence-electron chi connectivity index (χ3n) is 3.38. The van der Waals surface area contributed by atoms with Gasteiger partial charge >= 0.3 is 0 Å². The van der Waals surface area contributed by atoms with Gasteiger partial charge in [-0.3, -0.25) is 9.79 Å².